The number of ether oxygens (including phenoxy) is 1. The molecule has 0 unspecified atom stereocenters. The van der Waals surface area contributed by atoms with E-state index in [4.69, 9.17) is 9.73 Å². The molecule has 5 aromatic rings. The van der Waals surface area contributed by atoms with Crippen LogP contribution < -0.4 is 24.9 Å². The lowest BCUT2D eigenvalue weighted by Gasteiger charge is -2.25. The highest BCUT2D eigenvalue weighted by molar-refractivity contribution is 7.07. The van der Waals surface area contributed by atoms with Crippen LogP contribution in [0.5, 0.6) is 5.75 Å². The maximum absolute atomic E-state index is 14.0. The topological polar surface area (TPSA) is 72.7 Å². The summed E-state index contributed by atoms with van der Waals surface area (Å²) < 4.78 is 7.84. The molecule has 198 valence electrons. The third-order valence-electron chi connectivity index (χ3n) is 6.91. The van der Waals surface area contributed by atoms with E-state index in [1.807, 2.05) is 98.8 Å². The quantitative estimate of drug-likeness (QED) is 0.310. The summed E-state index contributed by atoms with van der Waals surface area (Å²) in [5.41, 5.74) is 3.25. The Balaban J connectivity index is 1.52. The zero-order chi connectivity index (χ0) is 27.6. The van der Waals surface area contributed by atoms with E-state index >= 15 is 0 Å². The Hall–Kier alpha value is -4.75. The molecule has 1 aliphatic heterocycles. The molecule has 0 bridgehead atoms. The highest BCUT2D eigenvalue weighted by Crippen LogP contribution is 2.32. The van der Waals surface area contributed by atoms with Crippen LogP contribution in [0, 0.1) is 0 Å². The molecule has 40 heavy (non-hydrogen) atoms. The number of benzene rings is 4. The van der Waals surface area contributed by atoms with Crippen molar-refractivity contribution in [2.45, 2.75) is 19.9 Å². The number of nitrogens with one attached hydrogen (secondary N) is 1. The number of allylic oxidation sites excluding steroid dienone is 1. The number of carbonyl (C=O) groups is 1. The molecule has 4 aromatic carbocycles. The Morgan fingerprint density at radius 3 is 2.48 bits per heavy atom. The molecule has 0 aliphatic carbocycles. The number of amides is 1. The summed E-state index contributed by atoms with van der Waals surface area (Å²) in [5.74, 6) is 0.431. The fourth-order valence-electron chi connectivity index (χ4n) is 5.08. The Morgan fingerprint density at radius 1 is 0.975 bits per heavy atom. The fraction of sp³-hybridized carbons (Fsp3) is 0.121. The second kappa shape index (κ2) is 10.8. The predicted octanol–water partition coefficient (Wildman–Crippen LogP) is 5.43. The number of para-hydroxylation sites is 1. The van der Waals surface area contributed by atoms with Crippen LogP contribution in [-0.2, 0) is 4.79 Å². The van der Waals surface area contributed by atoms with Gasteiger partial charge >= 0.3 is 0 Å². The van der Waals surface area contributed by atoms with Gasteiger partial charge in [0.05, 0.1) is 28.5 Å². The van der Waals surface area contributed by atoms with Crippen molar-refractivity contribution in [2.75, 3.05) is 11.9 Å². The molecule has 0 spiro atoms. The van der Waals surface area contributed by atoms with Crippen molar-refractivity contribution in [3.05, 3.63) is 139 Å². The van der Waals surface area contributed by atoms with Crippen LogP contribution in [0.3, 0.4) is 0 Å². The van der Waals surface area contributed by atoms with E-state index in [9.17, 15) is 9.59 Å². The smallest absolute Gasteiger partial charge is 0.271 e. The van der Waals surface area contributed by atoms with E-state index in [1.165, 1.54) is 11.3 Å². The number of fused-ring (bicyclic) bond motifs is 2. The van der Waals surface area contributed by atoms with Crippen LogP contribution in [-0.4, -0.2) is 17.1 Å². The monoisotopic (exact) mass is 545 g/mol. The van der Waals surface area contributed by atoms with Crippen molar-refractivity contribution in [3.8, 4) is 5.75 Å². The summed E-state index contributed by atoms with van der Waals surface area (Å²) in [6, 6.07) is 30.4. The molecule has 1 atom stereocenters. The van der Waals surface area contributed by atoms with Gasteiger partial charge in [-0.05, 0) is 66.1 Å². The molecular weight excluding hydrogens is 518 g/mol. The number of rotatable bonds is 6. The molecule has 0 saturated heterocycles. The fourth-order valence-corrected chi connectivity index (χ4v) is 6.12. The largest absolute Gasteiger partial charge is 0.494 e. The van der Waals surface area contributed by atoms with Crippen LogP contribution in [0.1, 0.15) is 31.0 Å². The lowest BCUT2D eigenvalue weighted by Crippen LogP contribution is -2.40. The van der Waals surface area contributed by atoms with Gasteiger partial charge in [0.1, 0.15) is 5.75 Å². The number of aromatic nitrogens is 1. The van der Waals surface area contributed by atoms with Crippen molar-refractivity contribution in [1.82, 2.24) is 4.57 Å². The molecule has 0 saturated carbocycles. The minimum atomic E-state index is -0.648. The zero-order valence-corrected chi connectivity index (χ0v) is 22.9. The van der Waals surface area contributed by atoms with Gasteiger partial charge in [0.25, 0.3) is 11.5 Å². The minimum Gasteiger partial charge on any atom is -0.494 e. The number of hydrogen-bond donors (Lipinski definition) is 1. The highest BCUT2D eigenvalue weighted by atomic mass is 32.1. The van der Waals surface area contributed by atoms with Crippen LogP contribution >= 0.6 is 11.3 Å². The van der Waals surface area contributed by atoms with Crippen LogP contribution in [0.25, 0.3) is 16.8 Å². The van der Waals surface area contributed by atoms with E-state index in [0.29, 0.717) is 32.9 Å². The molecule has 1 aromatic heterocycles. The Bertz CT molecular complexity index is 1930. The summed E-state index contributed by atoms with van der Waals surface area (Å²) in [6.45, 7) is 4.30. The molecule has 0 radical (unpaired) electrons. The molecule has 0 fully saturated rings. The van der Waals surface area contributed by atoms with Gasteiger partial charge in [-0.1, -0.05) is 84.1 Å². The van der Waals surface area contributed by atoms with Crippen LogP contribution in [0.4, 0.5) is 5.69 Å². The van der Waals surface area contributed by atoms with Gasteiger partial charge in [0, 0.05) is 5.69 Å². The van der Waals surface area contributed by atoms with Gasteiger partial charge in [-0.15, -0.1) is 0 Å². The average molecular weight is 546 g/mol. The van der Waals surface area contributed by atoms with Gasteiger partial charge in [-0.2, -0.15) is 0 Å². The van der Waals surface area contributed by atoms with Gasteiger partial charge in [-0.25, -0.2) is 4.99 Å². The summed E-state index contributed by atoms with van der Waals surface area (Å²) in [7, 11) is 0. The molecule has 1 N–H and O–H groups in total. The first-order valence-corrected chi connectivity index (χ1v) is 13.9. The lowest BCUT2D eigenvalue weighted by atomic mass is 9.95. The number of carbonyl (C=O) groups excluding carboxylic acids is 1. The van der Waals surface area contributed by atoms with Crippen molar-refractivity contribution in [3.63, 3.8) is 0 Å². The van der Waals surface area contributed by atoms with Crippen molar-refractivity contribution in [1.29, 1.82) is 0 Å². The Morgan fingerprint density at radius 2 is 1.70 bits per heavy atom. The minimum absolute atomic E-state index is 0.187. The summed E-state index contributed by atoms with van der Waals surface area (Å²) in [5, 5.41) is 5.16. The number of thiazole rings is 1. The second-order valence-electron chi connectivity index (χ2n) is 9.47. The first-order valence-electron chi connectivity index (χ1n) is 13.1. The van der Waals surface area contributed by atoms with Crippen LogP contribution in [0.15, 0.2) is 118 Å². The van der Waals surface area contributed by atoms with Crippen molar-refractivity contribution in [2.24, 2.45) is 4.99 Å². The molecule has 7 heteroatoms. The third-order valence-corrected chi connectivity index (χ3v) is 7.90. The third kappa shape index (κ3) is 4.76. The van der Waals surface area contributed by atoms with Gasteiger partial charge in [-0.3, -0.25) is 14.2 Å². The maximum atomic E-state index is 14.0. The lowest BCUT2D eigenvalue weighted by molar-refractivity contribution is -0.113. The molecule has 1 aliphatic rings. The summed E-state index contributed by atoms with van der Waals surface area (Å²) in [6.07, 6.45) is 1.92. The summed E-state index contributed by atoms with van der Waals surface area (Å²) >= 11 is 1.33. The number of anilines is 1. The summed E-state index contributed by atoms with van der Waals surface area (Å²) in [4.78, 5) is 33.1. The van der Waals surface area contributed by atoms with E-state index in [1.54, 1.807) is 4.57 Å². The highest BCUT2D eigenvalue weighted by Gasteiger charge is 2.32. The number of hydrogen-bond acceptors (Lipinski definition) is 5. The van der Waals surface area contributed by atoms with Gasteiger partial charge in [0.2, 0.25) is 0 Å². The number of nitrogens with zero attached hydrogens (tertiary/aromatic N) is 2. The van der Waals surface area contributed by atoms with Gasteiger partial charge in [0.15, 0.2) is 4.80 Å². The predicted molar refractivity (Wildman–Crippen MR) is 160 cm³/mol. The van der Waals surface area contributed by atoms with Gasteiger partial charge < -0.3 is 10.1 Å². The van der Waals surface area contributed by atoms with Crippen LogP contribution in [0.2, 0.25) is 0 Å². The second-order valence-corrected chi connectivity index (χ2v) is 10.5. The SMILES string of the molecule is CCOc1ccc([C@H]2C(C(=O)Nc3ccccc3)=C(C)N=c3s/c(=C\c4cccc5ccccc45)c(=O)n32)cc1. The standard InChI is InChI=1S/C33H27N3O3S/c1-3-39-26-18-16-23(17-19-26)30-29(31(37)35-25-13-5-4-6-14-25)21(2)34-33-36(30)32(38)28(40-33)20-24-12-9-11-22-10-7-8-15-27(22)24/h4-20,30H,3H2,1-2H3,(H,35,37)/b28-20-/t30-/m0/s1. The van der Waals surface area contributed by atoms with E-state index in [-0.39, 0.29) is 11.5 Å². The van der Waals surface area contributed by atoms with E-state index in [0.717, 1.165) is 27.6 Å². The van der Waals surface area contributed by atoms with Crippen molar-refractivity contribution < 1.29 is 9.53 Å². The molecular formula is C33H27N3O3S. The zero-order valence-electron chi connectivity index (χ0n) is 22.1. The molecule has 6 nitrogen and oxygen atoms in total. The molecule has 6 rings (SSSR count). The van der Waals surface area contributed by atoms with E-state index in [2.05, 4.69) is 23.5 Å². The molecule has 1 amide bonds. The molecule has 2 heterocycles. The first kappa shape index (κ1) is 25.5. The maximum Gasteiger partial charge on any atom is 0.271 e. The first-order chi connectivity index (χ1) is 19.5. The normalized spacial score (nSPS) is 15.1. The van der Waals surface area contributed by atoms with Crippen molar-refractivity contribution >= 4 is 39.8 Å². The Labute approximate surface area is 235 Å². The van der Waals surface area contributed by atoms with E-state index < -0.39 is 6.04 Å². The Kier molecular flexibility index (Phi) is 6.88. The average Bonchev–Trinajstić information content (AvgIpc) is 3.27.